The van der Waals surface area contributed by atoms with Crippen molar-refractivity contribution in [2.45, 2.75) is 44.1 Å². The van der Waals surface area contributed by atoms with Crippen molar-refractivity contribution in [1.82, 2.24) is 19.7 Å². The van der Waals surface area contributed by atoms with Crippen LogP contribution >= 0.6 is 11.3 Å². The zero-order valence-corrected chi connectivity index (χ0v) is 21.3. The summed E-state index contributed by atoms with van der Waals surface area (Å²) in [6.07, 6.45) is 5.96. The maximum Gasteiger partial charge on any atom is 0.222 e. The molecule has 4 rings (SSSR count). The van der Waals surface area contributed by atoms with Gasteiger partial charge in [0.15, 0.2) is 0 Å². The fourth-order valence-electron chi connectivity index (χ4n) is 5.29. The van der Waals surface area contributed by atoms with E-state index in [9.17, 15) is 4.79 Å². The lowest BCUT2D eigenvalue weighted by Crippen LogP contribution is -2.50. The van der Waals surface area contributed by atoms with Crippen LogP contribution in [0, 0.1) is 0 Å². The molecule has 1 fully saturated rings. The van der Waals surface area contributed by atoms with Crippen molar-refractivity contribution in [3.63, 3.8) is 0 Å². The first-order chi connectivity index (χ1) is 15.9. The third-order valence-electron chi connectivity index (χ3n) is 7.55. The smallest absolute Gasteiger partial charge is 0.222 e. The summed E-state index contributed by atoms with van der Waals surface area (Å²) in [4.78, 5) is 24.6. The van der Waals surface area contributed by atoms with Gasteiger partial charge in [0.1, 0.15) is 0 Å². The van der Waals surface area contributed by atoms with Gasteiger partial charge in [-0.25, -0.2) is 0 Å². The van der Waals surface area contributed by atoms with Gasteiger partial charge in [0.25, 0.3) is 0 Å². The molecule has 1 atom stereocenters. The van der Waals surface area contributed by atoms with Crippen LogP contribution < -0.4 is 0 Å². The van der Waals surface area contributed by atoms with Gasteiger partial charge < -0.3 is 14.8 Å². The minimum Gasteiger partial charge on any atom is -0.361 e. The molecule has 1 N–H and O–H groups in total. The molecule has 1 aromatic carbocycles. The number of hydrogen-bond acceptors (Lipinski definition) is 4. The standard InChI is InChI=1S/C27H38N4OS/c1-21(23-20-28-24-10-6-5-9-22(23)24)19-26(32)30(4)14-8-15-31-16-12-27(13-17-31,29(2)3)25-11-7-18-33-25/h5-7,9-11,18,20-21,28H,8,12-17,19H2,1-4H3. The van der Waals surface area contributed by atoms with Gasteiger partial charge in [-0.05, 0) is 68.9 Å². The summed E-state index contributed by atoms with van der Waals surface area (Å²) in [6, 6.07) is 12.8. The predicted octanol–water partition coefficient (Wildman–Crippen LogP) is 5.12. The number of hydrogen-bond donors (Lipinski definition) is 1. The maximum atomic E-state index is 12.9. The summed E-state index contributed by atoms with van der Waals surface area (Å²) >= 11 is 1.88. The highest BCUT2D eigenvalue weighted by atomic mass is 32.1. The summed E-state index contributed by atoms with van der Waals surface area (Å²) in [5.41, 5.74) is 2.55. The van der Waals surface area contributed by atoms with Gasteiger partial charge >= 0.3 is 0 Å². The van der Waals surface area contributed by atoms with Crippen LogP contribution in [0.4, 0.5) is 0 Å². The highest BCUT2D eigenvalue weighted by Gasteiger charge is 2.38. The van der Waals surface area contributed by atoms with Gasteiger partial charge in [0.2, 0.25) is 5.91 Å². The Kier molecular flexibility index (Phi) is 7.57. The SMILES string of the molecule is CC(CC(=O)N(C)CCCN1CCC(c2cccs2)(N(C)C)CC1)c1c[nH]c2ccccc12. The zero-order chi connectivity index (χ0) is 23.4. The monoisotopic (exact) mass is 466 g/mol. The van der Waals surface area contributed by atoms with Crippen molar-refractivity contribution in [1.29, 1.82) is 0 Å². The largest absolute Gasteiger partial charge is 0.361 e. The van der Waals surface area contributed by atoms with Crippen molar-refractivity contribution >= 4 is 28.1 Å². The molecule has 1 aliphatic rings. The van der Waals surface area contributed by atoms with E-state index >= 15 is 0 Å². The molecular formula is C27H38N4OS. The molecular weight excluding hydrogens is 428 g/mol. The molecule has 0 bridgehead atoms. The number of likely N-dealkylation sites (tertiary alicyclic amines) is 1. The number of nitrogens with zero attached hydrogens (tertiary/aromatic N) is 3. The summed E-state index contributed by atoms with van der Waals surface area (Å²) < 4.78 is 0. The first-order valence-corrected chi connectivity index (χ1v) is 13.0. The molecule has 3 heterocycles. The quantitative estimate of drug-likeness (QED) is 0.476. The molecule has 1 amide bonds. The topological polar surface area (TPSA) is 42.6 Å². The summed E-state index contributed by atoms with van der Waals surface area (Å²) in [5, 5.41) is 3.42. The average molecular weight is 467 g/mol. The molecule has 0 radical (unpaired) electrons. The highest BCUT2D eigenvalue weighted by Crippen LogP contribution is 2.39. The molecule has 1 saturated heterocycles. The first-order valence-electron chi connectivity index (χ1n) is 12.1. The number of carbonyl (C=O) groups excluding carboxylic acids is 1. The average Bonchev–Trinajstić information content (AvgIpc) is 3.50. The van der Waals surface area contributed by atoms with E-state index in [0.29, 0.717) is 6.42 Å². The van der Waals surface area contributed by atoms with Gasteiger partial charge in [0.05, 0.1) is 5.54 Å². The van der Waals surface area contributed by atoms with Crippen LogP contribution in [0.15, 0.2) is 48.0 Å². The summed E-state index contributed by atoms with van der Waals surface area (Å²) in [5.74, 6) is 0.436. The zero-order valence-electron chi connectivity index (χ0n) is 20.5. The van der Waals surface area contributed by atoms with E-state index in [1.165, 1.54) is 15.8 Å². The number of para-hydroxylation sites is 1. The molecule has 6 heteroatoms. The van der Waals surface area contributed by atoms with Crippen molar-refractivity contribution < 1.29 is 4.79 Å². The number of aromatic nitrogens is 1. The molecule has 5 nitrogen and oxygen atoms in total. The fourth-order valence-corrected chi connectivity index (χ4v) is 6.36. The Morgan fingerprint density at radius 3 is 2.61 bits per heavy atom. The second kappa shape index (κ2) is 10.4. The van der Waals surface area contributed by atoms with Crippen LogP contribution in [0.2, 0.25) is 0 Å². The number of carbonyl (C=O) groups is 1. The van der Waals surface area contributed by atoms with Gasteiger partial charge in [0, 0.05) is 55.1 Å². The lowest BCUT2D eigenvalue weighted by molar-refractivity contribution is -0.130. The van der Waals surface area contributed by atoms with Crippen LogP contribution in [0.1, 0.15) is 49.0 Å². The van der Waals surface area contributed by atoms with Crippen molar-refractivity contribution in [3.8, 4) is 0 Å². The number of aromatic amines is 1. The van der Waals surface area contributed by atoms with Gasteiger partial charge in [-0.2, -0.15) is 0 Å². The highest BCUT2D eigenvalue weighted by molar-refractivity contribution is 7.10. The van der Waals surface area contributed by atoms with Crippen molar-refractivity contribution in [3.05, 3.63) is 58.4 Å². The molecule has 1 aliphatic heterocycles. The van der Waals surface area contributed by atoms with Crippen LogP contribution in [0.25, 0.3) is 10.9 Å². The lowest BCUT2D eigenvalue weighted by atomic mass is 9.84. The molecule has 33 heavy (non-hydrogen) atoms. The normalized spacial score (nSPS) is 17.5. The van der Waals surface area contributed by atoms with E-state index in [0.717, 1.165) is 51.0 Å². The van der Waals surface area contributed by atoms with Gasteiger partial charge in [-0.1, -0.05) is 31.2 Å². The van der Waals surface area contributed by atoms with E-state index in [4.69, 9.17) is 0 Å². The van der Waals surface area contributed by atoms with Gasteiger partial charge in [-0.15, -0.1) is 11.3 Å². The van der Waals surface area contributed by atoms with Crippen LogP contribution in [-0.4, -0.2) is 72.9 Å². The number of rotatable bonds is 9. The second-order valence-corrected chi connectivity index (χ2v) is 10.8. The van der Waals surface area contributed by atoms with Gasteiger partial charge in [-0.3, -0.25) is 9.69 Å². The van der Waals surface area contributed by atoms with Crippen LogP contribution in [-0.2, 0) is 10.3 Å². The minimum absolute atomic E-state index is 0.177. The molecule has 178 valence electrons. The molecule has 1 unspecified atom stereocenters. The molecule has 0 saturated carbocycles. The Morgan fingerprint density at radius 2 is 1.91 bits per heavy atom. The van der Waals surface area contributed by atoms with E-state index in [1.54, 1.807) is 0 Å². The number of benzene rings is 1. The summed E-state index contributed by atoms with van der Waals surface area (Å²) in [6.45, 7) is 6.26. The Bertz CT molecular complexity index is 1030. The lowest BCUT2D eigenvalue weighted by Gasteiger charge is -2.46. The number of piperidine rings is 1. The van der Waals surface area contributed by atoms with Crippen LogP contribution in [0.3, 0.4) is 0 Å². The Morgan fingerprint density at radius 1 is 1.15 bits per heavy atom. The fraction of sp³-hybridized carbons (Fsp3) is 0.519. The van der Waals surface area contributed by atoms with Crippen LogP contribution in [0.5, 0.6) is 0 Å². The van der Waals surface area contributed by atoms with Crippen molar-refractivity contribution in [2.24, 2.45) is 0 Å². The number of amides is 1. The molecule has 3 aromatic rings. The first kappa shape index (κ1) is 24.0. The third-order valence-corrected chi connectivity index (χ3v) is 8.61. The maximum absolute atomic E-state index is 12.9. The Balaban J connectivity index is 1.22. The molecule has 0 aliphatic carbocycles. The van der Waals surface area contributed by atoms with E-state index in [-0.39, 0.29) is 17.4 Å². The third kappa shape index (κ3) is 5.18. The van der Waals surface area contributed by atoms with E-state index in [1.807, 2.05) is 29.4 Å². The second-order valence-electron chi connectivity index (χ2n) is 9.81. The van der Waals surface area contributed by atoms with E-state index < -0.39 is 0 Å². The Hall–Kier alpha value is -2.15. The number of fused-ring (bicyclic) bond motifs is 1. The minimum atomic E-state index is 0.177. The number of nitrogens with one attached hydrogen (secondary N) is 1. The Labute approximate surface area is 202 Å². The number of thiophene rings is 1. The van der Waals surface area contributed by atoms with E-state index in [2.05, 4.69) is 77.7 Å². The molecule has 0 spiro atoms. The molecule has 2 aromatic heterocycles. The number of H-pyrrole nitrogens is 1. The summed E-state index contributed by atoms with van der Waals surface area (Å²) in [7, 11) is 6.38. The predicted molar refractivity (Wildman–Crippen MR) is 139 cm³/mol. The van der Waals surface area contributed by atoms with Crippen molar-refractivity contribution in [2.75, 3.05) is 47.3 Å².